The zero-order valence-electron chi connectivity index (χ0n) is 20.3. The van der Waals surface area contributed by atoms with E-state index in [9.17, 15) is 4.79 Å². The van der Waals surface area contributed by atoms with Crippen molar-refractivity contribution in [1.29, 1.82) is 0 Å². The van der Waals surface area contributed by atoms with Crippen LogP contribution in [0.15, 0.2) is 34.8 Å². The first-order valence-electron chi connectivity index (χ1n) is 11.9. The molecule has 0 saturated heterocycles. The molecule has 1 aliphatic rings. The summed E-state index contributed by atoms with van der Waals surface area (Å²) in [5, 5.41) is 4.95. The Kier molecular flexibility index (Phi) is 9.53. The lowest BCUT2D eigenvalue weighted by Crippen LogP contribution is -2.28. The highest BCUT2D eigenvalue weighted by Gasteiger charge is 2.25. The van der Waals surface area contributed by atoms with Gasteiger partial charge in [0.2, 0.25) is 0 Å². The number of hydrogen-bond donors (Lipinski definition) is 0. The van der Waals surface area contributed by atoms with Crippen molar-refractivity contribution in [2.24, 2.45) is 11.8 Å². The molecular weight excluding hydrogens is 484 g/mol. The molecule has 0 amide bonds. The maximum Gasteiger partial charge on any atom is 0.332 e. The number of carbonyl (C=O) groups is 1. The highest BCUT2D eigenvalue weighted by atomic mass is 79.9. The minimum absolute atomic E-state index is 0.0310. The van der Waals surface area contributed by atoms with Crippen molar-refractivity contribution in [3.63, 3.8) is 0 Å². The number of rotatable bonds is 10. The monoisotopic (exact) mass is 520 g/mol. The summed E-state index contributed by atoms with van der Waals surface area (Å²) in [5.74, 6) is 0.786. The zero-order valence-corrected chi connectivity index (χ0v) is 21.9. The molecule has 2 aromatic rings. The van der Waals surface area contributed by atoms with Gasteiger partial charge in [-0.3, -0.25) is 4.68 Å². The second-order valence-corrected chi connectivity index (χ2v) is 10.7. The minimum Gasteiger partial charge on any atom is -0.458 e. The van der Waals surface area contributed by atoms with E-state index in [2.05, 4.69) is 44.9 Å². The van der Waals surface area contributed by atoms with Crippen LogP contribution < -0.4 is 0 Å². The van der Waals surface area contributed by atoms with E-state index in [0.717, 1.165) is 54.5 Å². The molecule has 0 bridgehead atoms. The van der Waals surface area contributed by atoms with Crippen molar-refractivity contribution in [2.75, 3.05) is 26.9 Å². The van der Waals surface area contributed by atoms with Gasteiger partial charge in [-0.1, -0.05) is 30.3 Å². The molecule has 1 aliphatic carbocycles. The predicted molar refractivity (Wildman–Crippen MR) is 133 cm³/mol. The number of esters is 1. The van der Waals surface area contributed by atoms with Crippen molar-refractivity contribution in [2.45, 2.75) is 65.0 Å². The third kappa shape index (κ3) is 7.94. The van der Waals surface area contributed by atoms with Crippen LogP contribution >= 0.6 is 15.9 Å². The largest absolute Gasteiger partial charge is 0.458 e. The van der Waals surface area contributed by atoms with Gasteiger partial charge in [-0.2, -0.15) is 5.10 Å². The molecule has 182 valence electrons. The maximum absolute atomic E-state index is 11.8. The van der Waals surface area contributed by atoms with Crippen LogP contribution in [0.25, 0.3) is 11.3 Å². The summed E-state index contributed by atoms with van der Waals surface area (Å²) in [7, 11) is 1.72. The van der Waals surface area contributed by atoms with Crippen molar-refractivity contribution in [3.8, 4) is 11.3 Å². The van der Waals surface area contributed by atoms with Crippen molar-refractivity contribution in [1.82, 2.24) is 9.78 Å². The van der Waals surface area contributed by atoms with E-state index < -0.39 is 5.60 Å². The molecule has 1 aromatic heterocycles. The van der Waals surface area contributed by atoms with Gasteiger partial charge in [-0.05, 0) is 74.2 Å². The Balaban J connectivity index is 1.55. The number of hydrogen-bond acceptors (Lipinski definition) is 5. The van der Waals surface area contributed by atoms with Gasteiger partial charge < -0.3 is 14.2 Å². The number of ether oxygens (including phenoxy) is 3. The number of halogens is 1. The smallest absolute Gasteiger partial charge is 0.332 e. The predicted octanol–water partition coefficient (Wildman–Crippen LogP) is 5.67. The van der Waals surface area contributed by atoms with Crippen LogP contribution in [-0.2, 0) is 32.0 Å². The molecule has 0 unspecified atom stereocenters. The molecule has 3 rings (SSSR count). The first kappa shape index (κ1) is 25.9. The van der Waals surface area contributed by atoms with Gasteiger partial charge >= 0.3 is 5.97 Å². The Bertz CT molecular complexity index is 884. The van der Waals surface area contributed by atoms with Gasteiger partial charge in [0.05, 0.1) is 29.1 Å². The average molecular weight is 521 g/mol. The van der Waals surface area contributed by atoms with Gasteiger partial charge in [0.1, 0.15) is 12.2 Å². The highest BCUT2D eigenvalue weighted by molar-refractivity contribution is 9.10. The second kappa shape index (κ2) is 12.1. The quantitative estimate of drug-likeness (QED) is 0.378. The summed E-state index contributed by atoms with van der Waals surface area (Å²) < 4.78 is 19.5. The van der Waals surface area contributed by atoms with Crippen LogP contribution in [0.3, 0.4) is 0 Å². The van der Waals surface area contributed by atoms with Gasteiger partial charge in [0, 0.05) is 25.6 Å². The van der Waals surface area contributed by atoms with E-state index in [0.29, 0.717) is 25.0 Å². The summed E-state index contributed by atoms with van der Waals surface area (Å²) in [6.07, 6.45) is 5.28. The SMILES string of the molecule is COCCc1nn(C[C@H]2CC[C@H](COCC(=O)OC(C)(C)C)CC2)c(-c2ccccc2)c1Br. The van der Waals surface area contributed by atoms with E-state index in [1.807, 2.05) is 26.8 Å². The third-order valence-corrected chi connectivity index (χ3v) is 6.78. The molecule has 0 radical (unpaired) electrons. The van der Waals surface area contributed by atoms with E-state index in [1.165, 1.54) is 5.56 Å². The fraction of sp³-hybridized carbons (Fsp3) is 0.615. The topological polar surface area (TPSA) is 62.6 Å². The van der Waals surface area contributed by atoms with E-state index in [4.69, 9.17) is 19.3 Å². The zero-order chi connectivity index (χ0) is 23.8. The van der Waals surface area contributed by atoms with Crippen LogP contribution in [0.1, 0.15) is 52.1 Å². The second-order valence-electron chi connectivity index (χ2n) is 9.89. The Labute approximate surface area is 206 Å². The fourth-order valence-corrected chi connectivity index (χ4v) is 5.07. The van der Waals surface area contributed by atoms with Crippen molar-refractivity contribution >= 4 is 21.9 Å². The number of benzene rings is 1. The van der Waals surface area contributed by atoms with Crippen LogP contribution in [0.5, 0.6) is 0 Å². The van der Waals surface area contributed by atoms with Crippen molar-refractivity contribution in [3.05, 3.63) is 40.5 Å². The lowest BCUT2D eigenvalue weighted by molar-refractivity contribution is -0.160. The molecule has 0 aliphatic heterocycles. The molecule has 7 heteroatoms. The Morgan fingerprint density at radius 1 is 1.12 bits per heavy atom. The van der Waals surface area contributed by atoms with Gasteiger partial charge in [0.25, 0.3) is 0 Å². The molecule has 1 heterocycles. The molecule has 6 nitrogen and oxygen atoms in total. The van der Waals surface area contributed by atoms with Gasteiger partial charge in [-0.15, -0.1) is 0 Å². The standard InChI is InChI=1S/C26H37BrN2O4/c1-26(2,3)33-23(30)18-32-17-20-12-10-19(11-13-20)16-29-25(21-8-6-5-7-9-21)24(27)22(28-29)14-15-31-4/h5-9,19-20H,10-18H2,1-4H3/t19-,20-. The molecule has 0 N–H and O–H groups in total. The Hall–Kier alpha value is -1.70. The van der Waals surface area contributed by atoms with E-state index in [1.54, 1.807) is 7.11 Å². The average Bonchev–Trinajstić information content (AvgIpc) is 3.07. The summed E-state index contributed by atoms with van der Waals surface area (Å²) in [4.78, 5) is 11.8. The third-order valence-electron chi connectivity index (χ3n) is 5.94. The minimum atomic E-state index is -0.470. The number of methoxy groups -OCH3 is 1. The normalized spacial score (nSPS) is 18.9. The molecule has 1 fully saturated rings. The molecule has 1 aromatic carbocycles. The molecular formula is C26H37BrN2O4. The first-order valence-corrected chi connectivity index (χ1v) is 12.6. The first-order chi connectivity index (χ1) is 15.8. The summed E-state index contributed by atoms with van der Waals surface area (Å²) >= 11 is 3.81. The molecule has 33 heavy (non-hydrogen) atoms. The molecule has 0 atom stereocenters. The van der Waals surface area contributed by atoms with Gasteiger partial charge in [0.15, 0.2) is 0 Å². The van der Waals surface area contributed by atoms with Crippen LogP contribution in [0.2, 0.25) is 0 Å². The van der Waals surface area contributed by atoms with Crippen LogP contribution in [0.4, 0.5) is 0 Å². The number of aromatic nitrogens is 2. The summed E-state index contributed by atoms with van der Waals surface area (Å²) in [6, 6.07) is 10.4. The van der Waals surface area contributed by atoms with Crippen LogP contribution in [0, 0.1) is 11.8 Å². The van der Waals surface area contributed by atoms with E-state index in [-0.39, 0.29) is 12.6 Å². The summed E-state index contributed by atoms with van der Waals surface area (Å²) in [5.41, 5.74) is 2.89. The van der Waals surface area contributed by atoms with E-state index >= 15 is 0 Å². The molecule has 0 spiro atoms. The lowest BCUT2D eigenvalue weighted by Gasteiger charge is -2.28. The van der Waals surface area contributed by atoms with Crippen molar-refractivity contribution < 1.29 is 19.0 Å². The summed E-state index contributed by atoms with van der Waals surface area (Å²) in [6.45, 7) is 7.81. The van der Waals surface area contributed by atoms with Crippen LogP contribution in [-0.4, -0.2) is 48.3 Å². The highest BCUT2D eigenvalue weighted by Crippen LogP contribution is 2.35. The Morgan fingerprint density at radius 3 is 2.42 bits per heavy atom. The number of carbonyl (C=O) groups excluding carboxylic acids is 1. The maximum atomic E-state index is 11.8. The van der Waals surface area contributed by atoms with Gasteiger partial charge in [-0.25, -0.2) is 4.79 Å². The Morgan fingerprint density at radius 2 is 1.79 bits per heavy atom. The molecule has 1 saturated carbocycles. The fourth-order valence-electron chi connectivity index (χ4n) is 4.36. The lowest BCUT2D eigenvalue weighted by atomic mass is 9.82. The number of nitrogens with zero attached hydrogens (tertiary/aromatic N) is 2.